The SMILES string of the molecule is CCCCCCCCCCCCOC(=O)CCCCC(=O)OC(C)CCC. The first-order valence-corrected chi connectivity index (χ1v) is 11.4. The van der Waals surface area contributed by atoms with Crippen LogP contribution in [-0.4, -0.2) is 24.6 Å². The van der Waals surface area contributed by atoms with Crippen LogP contribution >= 0.6 is 0 Å². The summed E-state index contributed by atoms with van der Waals surface area (Å²) in [6, 6.07) is 0. The molecule has 0 amide bonds. The highest BCUT2D eigenvalue weighted by Gasteiger charge is 2.09. The number of rotatable bonds is 19. The monoisotopic (exact) mass is 384 g/mol. The van der Waals surface area contributed by atoms with E-state index in [1.165, 1.54) is 51.4 Å². The number of carbonyl (C=O) groups is 2. The van der Waals surface area contributed by atoms with Crippen LogP contribution in [0.3, 0.4) is 0 Å². The Bertz CT molecular complexity index is 354. The van der Waals surface area contributed by atoms with Crippen LogP contribution < -0.4 is 0 Å². The molecule has 0 aromatic rings. The van der Waals surface area contributed by atoms with Crippen LogP contribution in [0.2, 0.25) is 0 Å². The fourth-order valence-corrected chi connectivity index (χ4v) is 3.14. The minimum Gasteiger partial charge on any atom is -0.466 e. The van der Waals surface area contributed by atoms with Gasteiger partial charge in [0.05, 0.1) is 12.7 Å². The summed E-state index contributed by atoms with van der Waals surface area (Å²) < 4.78 is 10.5. The van der Waals surface area contributed by atoms with E-state index < -0.39 is 0 Å². The van der Waals surface area contributed by atoms with Crippen LogP contribution in [0.4, 0.5) is 0 Å². The van der Waals surface area contributed by atoms with E-state index in [4.69, 9.17) is 9.47 Å². The number of carbonyl (C=O) groups excluding carboxylic acids is 2. The third kappa shape index (κ3) is 19.5. The summed E-state index contributed by atoms with van der Waals surface area (Å²) in [5.41, 5.74) is 0. The van der Waals surface area contributed by atoms with Gasteiger partial charge in [-0.2, -0.15) is 0 Å². The van der Waals surface area contributed by atoms with Gasteiger partial charge in [-0.25, -0.2) is 0 Å². The molecule has 1 atom stereocenters. The number of unbranched alkanes of at least 4 members (excludes halogenated alkanes) is 10. The molecule has 0 aromatic heterocycles. The van der Waals surface area contributed by atoms with Gasteiger partial charge < -0.3 is 9.47 Å². The second kappa shape index (κ2) is 19.7. The zero-order valence-electron chi connectivity index (χ0n) is 18.2. The van der Waals surface area contributed by atoms with Crippen LogP contribution in [0.5, 0.6) is 0 Å². The maximum atomic E-state index is 11.7. The molecule has 0 rings (SSSR count). The van der Waals surface area contributed by atoms with E-state index in [0.29, 0.717) is 32.3 Å². The molecule has 0 saturated carbocycles. The van der Waals surface area contributed by atoms with Crippen LogP contribution in [0.1, 0.15) is 124 Å². The highest BCUT2D eigenvalue weighted by atomic mass is 16.5. The molecule has 4 nitrogen and oxygen atoms in total. The first kappa shape index (κ1) is 25.9. The van der Waals surface area contributed by atoms with E-state index >= 15 is 0 Å². The van der Waals surface area contributed by atoms with Crippen molar-refractivity contribution in [2.45, 2.75) is 130 Å². The van der Waals surface area contributed by atoms with Gasteiger partial charge in [0.25, 0.3) is 0 Å². The van der Waals surface area contributed by atoms with Gasteiger partial charge in [-0.15, -0.1) is 0 Å². The summed E-state index contributed by atoms with van der Waals surface area (Å²) in [6.45, 7) is 6.78. The first-order valence-electron chi connectivity index (χ1n) is 11.4. The zero-order valence-corrected chi connectivity index (χ0v) is 18.2. The van der Waals surface area contributed by atoms with E-state index in [0.717, 1.165) is 25.7 Å². The summed E-state index contributed by atoms with van der Waals surface area (Å²) in [7, 11) is 0. The van der Waals surface area contributed by atoms with Gasteiger partial charge in [0.2, 0.25) is 0 Å². The van der Waals surface area contributed by atoms with Crippen molar-refractivity contribution in [3.05, 3.63) is 0 Å². The molecule has 0 saturated heterocycles. The third-order valence-corrected chi connectivity index (χ3v) is 4.80. The van der Waals surface area contributed by atoms with Crippen molar-refractivity contribution < 1.29 is 19.1 Å². The molecule has 27 heavy (non-hydrogen) atoms. The quantitative estimate of drug-likeness (QED) is 0.183. The Morgan fingerprint density at radius 3 is 1.74 bits per heavy atom. The Morgan fingerprint density at radius 1 is 0.667 bits per heavy atom. The van der Waals surface area contributed by atoms with Crippen LogP contribution in [0.15, 0.2) is 0 Å². The van der Waals surface area contributed by atoms with Gasteiger partial charge in [0.15, 0.2) is 0 Å². The largest absolute Gasteiger partial charge is 0.466 e. The average Bonchev–Trinajstić information content (AvgIpc) is 2.63. The van der Waals surface area contributed by atoms with Crippen molar-refractivity contribution in [3.63, 3.8) is 0 Å². The van der Waals surface area contributed by atoms with Crippen molar-refractivity contribution in [1.82, 2.24) is 0 Å². The zero-order chi connectivity index (χ0) is 20.2. The predicted octanol–water partition coefficient (Wildman–Crippen LogP) is 6.74. The molecule has 4 heteroatoms. The minimum absolute atomic E-state index is 0.00600. The summed E-state index contributed by atoms with van der Waals surface area (Å²) >= 11 is 0. The van der Waals surface area contributed by atoms with E-state index in [-0.39, 0.29) is 18.0 Å². The lowest BCUT2D eigenvalue weighted by Crippen LogP contribution is -2.14. The van der Waals surface area contributed by atoms with Gasteiger partial charge >= 0.3 is 11.9 Å². The second-order valence-corrected chi connectivity index (χ2v) is 7.70. The first-order chi connectivity index (χ1) is 13.1. The normalized spacial score (nSPS) is 12.0. The molecule has 0 aliphatic carbocycles. The van der Waals surface area contributed by atoms with Crippen LogP contribution in [-0.2, 0) is 19.1 Å². The molecular formula is C23H44O4. The molecule has 1 unspecified atom stereocenters. The van der Waals surface area contributed by atoms with Crippen molar-refractivity contribution in [1.29, 1.82) is 0 Å². The van der Waals surface area contributed by atoms with E-state index in [9.17, 15) is 9.59 Å². The molecule has 0 aromatic carbocycles. The third-order valence-electron chi connectivity index (χ3n) is 4.80. The van der Waals surface area contributed by atoms with Crippen molar-refractivity contribution in [2.75, 3.05) is 6.61 Å². The van der Waals surface area contributed by atoms with Crippen LogP contribution in [0.25, 0.3) is 0 Å². The topological polar surface area (TPSA) is 52.6 Å². The Morgan fingerprint density at radius 2 is 1.19 bits per heavy atom. The molecule has 0 spiro atoms. The number of hydrogen-bond acceptors (Lipinski definition) is 4. The molecule has 0 fully saturated rings. The Hall–Kier alpha value is -1.06. The lowest BCUT2D eigenvalue weighted by molar-refractivity contribution is -0.149. The summed E-state index contributed by atoms with van der Waals surface area (Å²) in [5.74, 6) is -0.298. The number of esters is 2. The molecule has 160 valence electrons. The maximum Gasteiger partial charge on any atom is 0.306 e. The van der Waals surface area contributed by atoms with Gasteiger partial charge in [0.1, 0.15) is 0 Å². The molecule has 0 radical (unpaired) electrons. The Labute approximate surface area is 167 Å². The standard InChI is InChI=1S/C23H44O4/c1-4-6-7-8-9-10-11-12-13-16-20-26-22(24)18-14-15-19-23(25)27-21(3)17-5-2/h21H,4-20H2,1-3H3. The highest BCUT2D eigenvalue weighted by Crippen LogP contribution is 2.11. The van der Waals surface area contributed by atoms with E-state index in [1.54, 1.807) is 0 Å². The number of ether oxygens (including phenoxy) is 2. The van der Waals surface area contributed by atoms with Gasteiger partial charge in [-0.1, -0.05) is 78.1 Å². The fraction of sp³-hybridized carbons (Fsp3) is 0.913. The molecule has 0 N–H and O–H groups in total. The highest BCUT2D eigenvalue weighted by molar-refractivity contribution is 5.70. The lowest BCUT2D eigenvalue weighted by atomic mass is 10.1. The van der Waals surface area contributed by atoms with Crippen LogP contribution in [0, 0.1) is 0 Å². The average molecular weight is 385 g/mol. The predicted molar refractivity (Wildman–Crippen MR) is 112 cm³/mol. The lowest BCUT2D eigenvalue weighted by Gasteiger charge is -2.11. The number of hydrogen-bond donors (Lipinski definition) is 0. The van der Waals surface area contributed by atoms with Crippen molar-refractivity contribution >= 4 is 11.9 Å². The van der Waals surface area contributed by atoms with E-state index in [1.807, 2.05) is 6.92 Å². The van der Waals surface area contributed by atoms with Gasteiger partial charge in [-0.3, -0.25) is 9.59 Å². The second-order valence-electron chi connectivity index (χ2n) is 7.70. The van der Waals surface area contributed by atoms with Gasteiger partial charge in [0, 0.05) is 12.8 Å². The maximum absolute atomic E-state index is 11.7. The van der Waals surface area contributed by atoms with Crippen molar-refractivity contribution in [3.8, 4) is 0 Å². The Kier molecular flexibility index (Phi) is 18.9. The summed E-state index contributed by atoms with van der Waals surface area (Å²) in [6.07, 6.45) is 16.8. The molecular weight excluding hydrogens is 340 g/mol. The van der Waals surface area contributed by atoms with Crippen molar-refractivity contribution in [2.24, 2.45) is 0 Å². The summed E-state index contributed by atoms with van der Waals surface area (Å²) in [5, 5.41) is 0. The fourth-order valence-electron chi connectivity index (χ4n) is 3.14. The smallest absolute Gasteiger partial charge is 0.306 e. The minimum atomic E-state index is -0.158. The Balaban J connectivity index is 3.34. The molecule has 0 aliphatic heterocycles. The molecule has 0 heterocycles. The summed E-state index contributed by atoms with van der Waals surface area (Å²) in [4.78, 5) is 23.3. The molecule has 0 aliphatic rings. The molecule has 0 bridgehead atoms. The van der Waals surface area contributed by atoms with E-state index in [2.05, 4.69) is 13.8 Å². The van der Waals surface area contributed by atoms with Gasteiger partial charge in [-0.05, 0) is 32.6 Å².